The second-order valence-electron chi connectivity index (χ2n) is 8.27. The molecule has 2 heterocycles. The number of urea groups is 1. The lowest BCUT2D eigenvalue weighted by Crippen LogP contribution is -2.34. The van der Waals surface area contributed by atoms with Crippen molar-refractivity contribution in [2.24, 2.45) is 0 Å². The van der Waals surface area contributed by atoms with Gasteiger partial charge in [0.15, 0.2) is 5.82 Å². The van der Waals surface area contributed by atoms with Crippen LogP contribution in [-0.2, 0) is 13.0 Å². The minimum atomic E-state index is -0.308. The van der Waals surface area contributed by atoms with Crippen LogP contribution < -0.4 is 16.0 Å². The average molecular weight is 433 g/mol. The summed E-state index contributed by atoms with van der Waals surface area (Å²) in [7, 11) is 0. The molecule has 166 valence electrons. The Balaban J connectivity index is 1.49. The van der Waals surface area contributed by atoms with Crippen LogP contribution in [0.15, 0.2) is 48.5 Å². The monoisotopic (exact) mass is 432 g/mol. The second-order valence-corrected chi connectivity index (χ2v) is 8.27. The molecule has 0 saturated carbocycles. The van der Waals surface area contributed by atoms with Gasteiger partial charge in [-0.05, 0) is 57.0 Å². The largest absolute Gasteiger partial charge is 0.336 e. The molecule has 1 aliphatic rings. The lowest BCUT2D eigenvalue weighted by atomic mass is 10.1. The van der Waals surface area contributed by atoms with Crippen LogP contribution in [0.25, 0.3) is 11.4 Å². The van der Waals surface area contributed by atoms with Gasteiger partial charge in [0.2, 0.25) is 0 Å². The van der Waals surface area contributed by atoms with E-state index in [4.69, 9.17) is 0 Å². The summed E-state index contributed by atoms with van der Waals surface area (Å²) >= 11 is 0. The van der Waals surface area contributed by atoms with Crippen LogP contribution in [0.5, 0.6) is 0 Å². The van der Waals surface area contributed by atoms with Gasteiger partial charge in [0.05, 0.1) is 0 Å². The van der Waals surface area contributed by atoms with Crippen LogP contribution in [0.1, 0.15) is 49.3 Å². The van der Waals surface area contributed by atoms with Crippen molar-refractivity contribution < 1.29 is 9.59 Å². The summed E-state index contributed by atoms with van der Waals surface area (Å²) in [4.78, 5) is 24.8. The highest BCUT2D eigenvalue weighted by atomic mass is 16.2. The number of hydrogen-bond donors (Lipinski definition) is 3. The van der Waals surface area contributed by atoms with Gasteiger partial charge in [-0.2, -0.15) is 0 Å². The van der Waals surface area contributed by atoms with Crippen molar-refractivity contribution in [1.82, 2.24) is 20.1 Å². The van der Waals surface area contributed by atoms with Crippen LogP contribution in [0, 0.1) is 0 Å². The first-order valence-corrected chi connectivity index (χ1v) is 11.0. The van der Waals surface area contributed by atoms with Crippen molar-refractivity contribution in [3.05, 3.63) is 59.9 Å². The zero-order valence-corrected chi connectivity index (χ0v) is 18.4. The lowest BCUT2D eigenvalue weighted by molar-refractivity contribution is 0.102. The van der Waals surface area contributed by atoms with Crippen molar-refractivity contribution in [1.29, 1.82) is 0 Å². The Bertz CT molecular complexity index is 1120. The Morgan fingerprint density at radius 3 is 2.53 bits per heavy atom. The molecule has 4 rings (SSSR count). The molecule has 3 aromatic rings. The topological polar surface area (TPSA) is 101 Å². The third-order valence-corrected chi connectivity index (χ3v) is 5.29. The molecule has 32 heavy (non-hydrogen) atoms. The predicted molar refractivity (Wildman–Crippen MR) is 125 cm³/mol. The first-order chi connectivity index (χ1) is 15.5. The van der Waals surface area contributed by atoms with Crippen molar-refractivity contribution in [3.63, 3.8) is 0 Å². The molecule has 3 N–H and O–H groups in total. The molecule has 1 aliphatic heterocycles. The number of amides is 3. The van der Waals surface area contributed by atoms with E-state index in [1.165, 1.54) is 6.42 Å². The molecule has 3 amide bonds. The highest BCUT2D eigenvalue weighted by Gasteiger charge is 2.16. The molecule has 8 heteroatoms. The number of nitrogens with zero attached hydrogens (tertiary/aromatic N) is 3. The van der Waals surface area contributed by atoms with E-state index in [0.717, 1.165) is 43.0 Å². The third-order valence-electron chi connectivity index (χ3n) is 5.29. The quantitative estimate of drug-likeness (QED) is 0.554. The van der Waals surface area contributed by atoms with Crippen LogP contribution in [0.2, 0.25) is 0 Å². The van der Waals surface area contributed by atoms with E-state index in [1.807, 2.05) is 38.1 Å². The van der Waals surface area contributed by atoms with Gasteiger partial charge in [-0.25, -0.2) is 4.79 Å². The molecule has 1 aromatic heterocycles. The number of fused-ring (bicyclic) bond motifs is 1. The molecule has 0 saturated heterocycles. The van der Waals surface area contributed by atoms with Gasteiger partial charge >= 0.3 is 6.03 Å². The van der Waals surface area contributed by atoms with E-state index in [1.54, 1.807) is 24.3 Å². The van der Waals surface area contributed by atoms with Gasteiger partial charge in [0.1, 0.15) is 5.82 Å². The minimum absolute atomic E-state index is 0.0222. The summed E-state index contributed by atoms with van der Waals surface area (Å²) < 4.78 is 2.19. The third kappa shape index (κ3) is 5.14. The number of rotatable bonds is 5. The first-order valence-electron chi connectivity index (χ1n) is 11.0. The maximum atomic E-state index is 12.8. The van der Waals surface area contributed by atoms with Gasteiger partial charge in [-0.3, -0.25) is 4.79 Å². The number of benzene rings is 2. The molecular weight excluding hydrogens is 404 g/mol. The fourth-order valence-corrected chi connectivity index (χ4v) is 3.81. The summed E-state index contributed by atoms with van der Waals surface area (Å²) in [6.07, 6.45) is 4.41. The van der Waals surface area contributed by atoms with Crippen molar-refractivity contribution in [2.75, 3.05) is 10.6 Å². The van der Waals surface area contributed by atoms with Crippen LogP contribution in [0.4, 0.5) is 16.2 Å². The summed E-state index contributed by atoms with van der Waals surface area (Å²) in [5, 5.41) is 17.2. The van der Waals surface area contributed by atoms with E-state index in [0.29, 0.717) is 16.9 Å². The van der Waals surface area contributed by atoms with Crippen molar-refractivity contribution >= 4 is 23.3 Å². The van der Waals surface area contributed by atoms with E-state index in [9.17, 15) is 9.59 Å². The number of aryl methyl sites for hydroxylation is 1. The standard InChI is InChI=1S/C24H28N6O2/c1-16(2)25-24(32)27-20-11-7-9-18(15-20)23(31)26-19-10-6-8-17(14-19)22-29-28-21-12-4-3-5-13-30(21)22/h6-11,14-16H,3-5,12-13H2,1-2H3,(H,26,31)(H2,25,27,32). The Morgan fingerprint density at radius 1 is 0.938 bits per heavy atom. The van der Waals surface area contributed by atoms with Gasteiger partial charge in [0, 0.05) is 41.5 Å². The van der Waals surface area contributed by atoms with Crippen LogP contribution >= 0.6 is 0 Å². The van der Waals surface area contributed by atoms with E-state index in [2.05, 4.69) is 30.7 Å². The fourth-order valence-electron chi connectivity index (χ4n) is 3.81. The summed E-state index contributed by atoms with van der Waals surface area (Å²) in [5.41, 5.74) is 2.60. The SMILES string of the molecule is CC(C)NC(=O)Nc1cccc(C(=O)Nc2cccc(-c3nnc4n3CCCCC4)c2)c1. The summed E-state index contributed by atoms with van der Waals surface area (Å²) in [6.45, 7) is 4.68. The molecule has 0 spiro atoms. The van der Waals surface area contributed by atoms with Gasteiger partial charge in [0.25, 0.3) is 5.91 Å². The molecule has 0 radical (unpaired) electrons. The van der Waals surface area contributed by atoms with Gasteiger partial charge in [-0.1, -0.05) is 24.6 Å². The fraction of sp³-hybridized carbons (Fsp3) is 0.333. The van der Waals surface area contributed by atoms with E-state index >= 15 is 0 Å². The van der Waals surface area contributed by atoms with Crippen molar-refractivity contribution in [3.8, 4) is 11.4 Å². The maximum absolute atomic E-state index is 12.8. The molecule has 0 bridgehead atoms. The Hall–Kier alpha value is -3.68. The van der Waals surface area contributed by atoms with E-state index in [-0.39, 0.29) is 18.0 Å². The zero-order chi connectivity index (χ0) is 22.5. The van der Waals surface area contributed by atoms with E-state index < -0.39 is 0 Å². The van der Waals surface area contributed by atoms with Crippen LogP contribution in [-0.4, -0.2) is 32.7 Å². The van der Waals surface area contributed by atoms with Gasteiger partial charge < -0.3 is 20.5 Å². The highest BCUT2D eigenvalue weighted by molar-refractivity contribution is 6.05. The first kappa shape index (κ1) is 21.5. The molecule has 0 fully saturated rings. The Morgan fingerprint density at radius 2 is 1.72 bits per heavy atom. The number of carbonyl (C=O) groups is 2. The maximum Gasteiger partial charge on any atom is 0.319 e. The molecule has 2 aromatic carbocycles. The molecular formula is C24H28N6O2. The smallest absolute Gasteiger partial charge is 0.319 e. The number of nitrogens with one attached hydrogen (secondary N) is 3. The number of anilines is 2. The second kappa shape index (κ2) is 9.64. The predicted octanol–water partition coefficient (Wildman–Crippen LogP) is 4.45. The van der Waals surface area contributed by atoms with Crippen molar-refractivity contribution in [2.45, 2.75) is 52.1 Å². The Kier molecular flexibility index (Phi) is 6.49. The number of hydrogen-bond acceptors (Lipinski definition) is 4. The van der Waals surface area contributed by atoms with Crippen LogP contribution in [0.3, 0.4) is 0 Å². The van der Waals surface area contributed by atoms with Gasteiger partial charge in [-0.15, -0.1) is 10.2 Å². The minimum Gasteiger partial charge on any atom is -0.336 e. The molecule has 8 nitrogen and oxygen atoms in total. The average Bonchev–Trinajstić information content (AvgIpc) is 3.02. The molecule has 0 atom stereocenters. The highest BCUT2D eigenvalue weighted by Crippen LogP contribution is 2.25. The number of aromatic nitrogens is 3. The zero-order valence-electron chi connectivity index (χ0n) is 18.4. The normalized spacial score (nSPS) is 13.2. The summed E-state index contributed by atoms with van der Waals surface area (Å²) in [6, 6.07) is 14.2. The molecule has 0 unspecified atom stereocenters. The number of carbonyl (C=O) groups excluding carboxylic acids is 2. The Labute approximate surface area is 187 Å². The molecule has 0 aliphatic carbocycles. The lowest BCUT2D eigenvalue weighted by Gasteiger charge is -2.12. The summed E-state index contributed by atoms with van der Waals surface area (Å²) in [5.74, 6) is 1.60.